The number of aromatic hydroxyl groups is 2. The monoisotopic (exact) mass is 317 g/mol. The maximum absolute atomic E-state index is 12.9. The molecular formula is C14H11ClF3NO2. The summed E-state index contributed by atoms with van der Waals surface area (Å²) in [6.07, 6.45) is -4.52. The largest absolute Gasteiger partial charge is 0.504 e. The summed E-state index contributed by atoms with van der Waals surface area (Å²) in [5, 5.41) is 21.1. The van der Waals surface area contributed by atoms with Crippen molar-refractivity contribution in [2.24, 2.45) is 0 Å². The summed E-state index contributed by atoms with van der Waals surface area (Å²) in [4.78, 5) is 0. The highest BCUT2D eigenvalue weighted by Crippen LogP contribution is 2.38. The Kier molecular flexibility index (Phi) is 4.18. The molecule has 21 heavy (non-hydrogen) atoms. The molecule has 0 aromatic heterocycles. The van der Waals surface area contributed by atoms with Gasteiger partial charge in [-0.05, 0) is 29.8 Å². The van der Waals surface area contributed by atoms with Crippen LogP contribution in [0.25, 0.3) is 0 Å². The van der Waals surface area contributed by atoms with Gasteiger partial charge < -0.3 is 15.5 Å². The van der Waals surface area contributed by atoms with Crippen LogP contribution in [0.1, 0.15) is 11.1 Å². The second kappa shape index (κ2) is 5.73. The fourth-order valence-electron chi connectivity index (χ4n) is 1.81. The quantitative estimate of drug-likeness (QED) is 0.736. The average molecular weight is 318 g/mol. The second-order valence-electron chi connectivity index (χ2n) is 4.34. The van der Waals surface area contributed by atoms with Crippen LogP contribution in [-0.2, 0) is 12.7 Å². The maximum atomic E-state index is 12.9. The molecule has 3 nitrogen and oxygen atoms in total. The highest BCUT2D eigenvalue weighted by Gasteiger charge is 2.34. The minimum Gasteiger partial charge on any atom is -0.504 e. The molecule has 0 saturated carbocycles. The van der Waals surface area contributed by atoms with Crippen molar-refractivity contribution in [3.8, 4) is 11.5 Å². The van der Waals surface area contributed by atoms with Gasteiger partial charge in [0, 0.05) is 6.54 Å². The van der Waals surface area contributed by atoms with Gasteiger partial charge in [-0.1, -0.05) is 23.7 Å². The SMILES string of the molecule is Oc1ccc(CNc2c(Cl)cccc2C(F)(F)F)cc1O. The van der Waals surface area contributed by atoms with E-state index in [1.54, 1.807) is 0 Å². The molecule has 0 radical (unpaired) electrons. The van der Waals surface area contributed by atoms with Gasteiger partial charge in [-0.15, -0.1) is 0 Å². The molecule has 112 valence electrons. The molecule has 7 heteroatoms. The van der Waals surface area contributed by atoms with Crippen molar-refractivity contribution >= 4 is 17.3 Å². The van der Waals surface area contributed by atoms with E-state index in [-0.39, 0.29) is 28.8 Å². The first-order chi connectivity index (χ1) is 9.79. The van der Waals surface area contributed by atoms with E-state index in [1.807, 2.05) is 0 Å². The van der Waals surface area contributed by atoms with Crippen LogP contribution in [0.15, 0.2) is 36.4 Å². The number of benzene rings is 2. The van der Waals surface area contributed by atoms with Crippen LogP contribution in [0.2, 0.25) is 5.02 Å². The van der Waals surface area contributed by atoms with Gasteiger partial charge in [0.05, 0.1) is 16.3 Å². The molecule has 0 aliphatic carbocycles. The zero-order chi connectivity index (χ0) is 15.6. The maximum Gasteiger partial charge on any atom is 0.418 e. The van der Waals surface area contributed by atoms with Crippen LogP contribution < -0.4 is 5.32 Å². The van der Waals surface area contributed by atoms with Gasteiger partial charge in [0.15, 0.2) is 11.5 Å². The number of hydrogen-bond donors (Lipinski definition) is 3. The van der Waals surface area contributed by atoms with Gasteiger partial charge in [0.25, 0.3) is 0 Å². The lowest BCUT2D eigenvalue weighted by molar-refractivity contribution is -0.136. The third-order valence-electron chi connectivity index (χ3n) is 2.83. The number of phenols is 2. The summed E-state index contributed by atoms with van der Waals surface area (Å²) in [5.41, 5.74) is -0.587. The van der Waals surface area contributed by atoms with Crippen molar-refractivity contribution in [2.75, 3.05) is 5.32 Å². The number of phenolic OH excluding ortho intramolecular Hbond substituents is 2. The normalized spacial score (nSPS) is 11.4. The fourth-order valence-corrected chi connectivity index (χ4v) is 2.05. The van der Waals surface area contributed by atoms with Crippen LogP contribution >= 0.6 is 11.6 Å². The van der Waals surface area contributed by atoms with Crippen LogP contribution in [0.4, 0.5) is 18.9 Å². The Hall–Kier alpha value is -2.08. The summed E-state index contributed by atoms with van der Waals surface area (Å²) in [6, 6.07) is 7.50. The van der Waals surface area contributed by atoms with Crippen LogP contribution in [0.5, 0.6) is 11.5 Å². The second-order valence-corrected chi connectivity index (χ2v) is 4.74. The molecule has 0 heterocycles. The number of para-hydroxylation sites is 1. The molecule has 0 saturated heterocycles. The van der Waals surface area contributed by atoms with Crippen LogP contribution in [0.3, 0.4) is 0 Å². The van der Waals surface area contributed by atoms with E-state index in [0.29, 0.717) is 5.56 Å². The zero-order valence-electron chi connectivity index (χ0n) is 10.6. The summed E-state index contributed by atoms with van der Waals surface area (Å²) < 4.78 is 38.7. The third-order valence-corrected chi connectivity index (χ3v) is 3.14. The van der Waals surface area contributed by atoms with Gasteiger partial charge in [-0.3, -0.25) is 0 Å². The number of nitrogens with one attached hydrogen (secondary N) is 1. The molecule has 0 bridgehead atoms. The lowest BCUT2D eigenvalue weighted by Gasteiger charge is -2.16. The van der Waals surface area contributed by atoms with Gasteiger partial charge in [0.2, 0.25) is 0 Å². The zero-order valence-corrected chi connectivity index (χ0v) is 11.3. The van der Waals surface area contributed by atoms with Gasteiger partial charge in [-0.25, -0.2) is 0 Å². The number of halogens is 4. The molecule has 0 spiro atoms. The molecule has 2 aromatic carbocycles. The lowest BCUT2D eigenvalue weighted by atomic mass is 10.1. The minimum atomic E-state index is -4.52. The first-order valence-electron chi connectivity index (χ1n) is 5.89. The third kappa shape index (κ3) is 3.52. The summed E-state index contributed by atoms with van der Waals surface area (Å²) >= 11 is 5.81. The van der Waals surface area contributed by atoms with Crippen molar-refractivity contribution in [3.05, 3.63) is 52.5 Å². The molecule has 0 unspecified atom stereocenters. The summed E-state index contributed by atoms with van der Waals surface area (Å²) in [5.74, 6) is -0.642. The van der Waals surface area contributed by atoms with Crippen molar-refractivity contribution in [1.82, 2.24) is 0 Å². The van der Waals surface area contributed by atoms with E-state index < -0.39 is 11.7 Å². The summed E-state index contributed by atoms with van der Waals surface area (Å²) in [6.45, 7) is 0.0145. The predicted molar refractivity (Wildman–Crippen MR) is 73.6 cm³/mol. The molecule has 0 amide bonds. The summed E-state index contributed by atoms with van der Waals surface area (Å²) in [7, 11) is 0. The molecule has 3 N–H and O–H groups in total. The first kappa shape index (κ1) is 15.3. The van der Waals surface area contributed by atoms with Crippen LogP contribution in [-0.4, -0.2) is 10.2 Å². The van der Waals surface area contributed by atoms with Crippen molar-refractivity contribution in [1.29, 1.82) is 0 Å². The van der Waals surface area contributed by atoms with E-state index in [1.165, 1.54) is 30.3 Å². The predicted octanol–water partition coefficient (Wildman–Crippen LogP) is 4.38. The molecule has 0 aliphatic rings. The number of hydrogen-bond acceptors (Lipinski definition) is 3. The van der Waals surface area contributed by atoms with E-state index in [4.69, 9.17) is 11.6 Å². The Morgan fingerprint density at radius 2 is 1.76 bits per heavy atom. The molecule has 0 fully saturated rings. The van der Waals surface area contributed by atoms with Gasteiger partial charge in [-0.2, -0.15) is 13.2 Å². The first-order valence-corrected chi connectivity index (χ1v) is 6.27. The highest BCUT2D eigenvalue weighted by molar-refractivity contribution is 6.33. The Morgan fingerprint density at radius 3 is 2.38 bits per heavy atom. The molecular weight excluding hydrogens is 307 g/mol. The topological polar surface area (TPSA) is 52.5 Å². The fraction of sp³-hybridized carbons (Fsp3) is 0.143. The Morgan fingerprint density at radius 1 is 1.05 bits per heavy atom. The van der Waals surface area contributed by atoms with E-state index in [0.717, 1.165) is 6.07 Å². The lowest BCUT2D eigenvalue weighted by Crippen LogP contribution is -2.11. The van der Waals surface area contributed by atoms with E-state index in [2.05, 4.69) is 5.32 Å². The standard InChI is InChI=1S/C14H11ClF3NO2/c15-10-3-1-2-9(14(16,17)18)13(10)19-7-8-4-5-11(20)12(21)6-8/h1-6,19-21H,7H2. The van der Waals surface area contributed by atoms with Crippen molar-refractivity contribution in [3.63, 3.8) is 0 Å². The number of anilines is 1. The average Bonchev–Trinajstić information content (AvgIpc) is 2.40. The smallest absolute Gasteiger partial charge is 0.418 e. The Labute approximate surface area is 123 Å². The van der Waals surface area contributed by atoms with Gasteiger partial charge in [0.1, 0.15) is 0 Å². The highest BCUT2D eigenvalue weighted by atomic mass is 35.5. The van der Waals surface area contributed by atoms with Crippen molar-refractivity contribution < 1.29 is 23.4 Å². The molecule has 2 rings (SSSR count). The Balaban J connectivity index is 2.25. The van der Waals surface area contributed by atoms with Gasteiger partial charge >= 0.3 is 6.18 Å². The molecule has 0 aliphatic heterocycles. The molecule has 0 atom stereocenters. The Bertz CT molecular complexity index is 659. The van der Waals surface area contributed by atoms with E-state index >= 15 is 0 Å². The molecule has 2 aromatic rings. The number of rotatable bonds is 3. The van der Waals surface area contributed by atoms with Crippen LogP contribution in [0, 0.1) is 0 Å². The number of alkyl halides is 3. The van der Waals surface area contributed by atoms with Crippen molar-refractivity contribution in [2.45, 2.75) is 12.7 Å². The van der Waals surface area contributed by atoms with E-state index in [9.17, 15) is 23.4 Å². The minimum absolute atomic E-state index is 0.0145.